The van der Waals surface area contributed by atoms with E-state index in [1.165, 1.54) is 19.4 Å². The van der Waals surface area contributed by atoms with E-state index >= 15 is 0 Å². The summed E-state index contributed by atoms with van der Waals surface area (Å²) in [5, 5.41) is 0. The number of carbonyl (C=O) groups excluding carboxylic acids is 1. The molecule has 0 spiro atoms. The highest BCUT2D eigenvalue weighted by molar-refractivity contribution is 5.87. The molecule has 1 aromatic heterocycles. The average Bonchev–Trinajstić information content (AvgIpc) is 2.50. The van der Waals surface area contributed by atoms with Gasteiger partial charge in [0.25, 0.3) is 0 Å². The van der Waals surface area contributed by atoms with Crippen LogP contribution >= 0.6 is 0 Å². The first-order chi connectivity index (χ1) is 5.27. The van der Waals surface area contributed by atoms with Gasteiger partial charge in [0.15, 0.2) is 0 Å². The van der Waals surface area contributed by atoms with E-state index in [1.54, 1.807) is 0 Å². The van der Waals surface area contributed by atoms with E-state index in [1.807, 2.05) is 0 Å². The summed E-state index contributed by atoms with van der Waals surface area (Å²) in [6.07, 6.45) is 2.93. The van der Waals surface area contributed by atoms with Crippen molar-refractivity contribution >= 4 is 12.0 Å². The molecule has 4 nitrogen and oxygen atoms in total. The normalized spacial score (nSPS) is 9.18. The van der Waals surface area contributed by atoms with Crippen LogP contribution in [0.3, 0.4) is 0 Å². The standard InChI is InChI=1S/C7H8N2O2/c1-3-6-8-4-5(9-6)7(10)11-2/h3-4H,1H2,2H3,(H,8,9). The van der Waals surface area contributed by atoms with Crippen molar-refractivity contribution in [2.45, 2.75) is 0 Å². The Hall–Kier alpha value is -1.58. The first-order valence-corrected chi connectivity index (χ1v) is 3.03. The van der Waals surface area contributed by atoms with E-state index in [0.29, 0.717) is 11.5 Å². The topological polar surface area (TPSA) is 55.0 Å². The largest absolute Gasteiger partial charge is 0.464 e. The Morgan fingerprint density at radius 3 is 3.09 bits per heavy atom. The molecular weight excluding hydrogens is 144 g/mol. The SMILES string of the molecule is C=Cc1ncc(C(=O)OC)[nH]1. The van der Waals surface area contributed by atoms with Crippen molar-refractivity contribution in [3.8, 4) is 0 Å². The highest BCUT2D eigenvalue weighted by Crippen LogP contribution is 1.98. The molecule has 0 atom stereocenters. The molecule has 1 aromatic rings. The Balaban J connectivity index is 2.88. The van der Waals surface area contributed by atoms with Gasteiger partial charge in [-0.25, -0.2) is 9.78 Å². The molecule has 1 rings (SSSR count). The van der Waals surface area contributed by atoms with Crippen LogP contribution in [0.15, 0.2) is 12.8 Å². The van der Waals surface area contributed by atoms with Crippen LogP contribution in [0.5, 0.6) is 0 Å². The molecule has 0 saturated carbocycles. The number of nitrogens with zero attached hydrogens (tertiary/aromatic N) is 1. The van der Waals surface area contributed by atoms with E-state index in [-0.39, 0.29) is 0 Å². The number of carbonyl (C=O) groups is 1. The van der Waals surface area contributed by atoms with Gasteiger partial charge in [0.05, 0.1) is 13.3 Å². The van der Waals surface area contributed by atoms with Crippen LogP contribution in [0.1, 0.15) is 16.3 Å². The zero-order chi connectivity index (χ0) is 8.27. The molecule has 0 unspecified atom stereocenters. The summed E-state index contributed by atoms with van der Waals surface area (Å²) < 4.78 is 4.45. The van der Waals surface area contributed by atoms with Gasteiger partial charge < -0.3 is 9.72 Å². The number of esters is 1. The van der Waals surface area contributed by atoms with Crippen LogP contribution in [-0.2, 0) is 4.74 Å². The maximum atomic E-state index is 10.8. The Kier molecular flexibility index (Phi) is 2.06. The van der Waals surface area contributed by atoms with Crippen molar-refractivity contribution in [3.63, 3.8) is 0 Å². The number of nitrogens with one attached hydrogen (secondary N) is 1. The minimum absolute atomic E-state index is 0.336. The van der Waals surface area contributed by atoms with E-state index in [0.717, 1.165) is 0 Å². The third-order valence-electron chi connectivity index (χ3n) is 1.19. The van der Waals surface area contributed by atoms with Crippen LogP contribution in [0.25, 0.3) is 6.08 Å². The summed E-state index contributed by atoms with van der Waals surface area (Å²) in [6, 6.07) is 0. The van der Waals surface area contributed by atoms with Gasteiger partial charge in [-0.05, 0) is 6.08 Å². The molecule has 58 valence electrons. The first-order valence-electron chi connectivity index (χ1n) is 3.03. The lowest BCUT2D eigenvalue weighted by molar-refractivity contribution is 0.0594. The van der Waals surface area contributed by atoms with Gasteiger partial charge in [-0.2, -0.15) is 0 Å². The third-order valence-corrected chi connectivity index (χ3v) is 1.19. The fourth-order valence-electron chi connectivity index (χ4n) is 0.654. The summed E-state index contributed by atoms with van der Waals surface area (Å²) in [5.74, 6) is 0.135. The molecule has 0 aliphatic heterocycles. The number of hydrogen-bond acceptors (Lipinski definition) is 3. The average molecular weight is 152 g/mol. The van der Waals surface area contributed by atoms with Crippen molar-refractivity contribution in [1.82, 2.24) is 9.97 Å². The molecule has 0 fully saturated rings. The van der Waals surface area contributed by atoms with Crippen LogP contribution in [0.2, 0.25) is 0 Å². The second-order valence-electron chi connectivity index (χ2n) is 1.88. The van der Waals surface area contributed by atoms with Crippen molar-refractivity contribution in [2.24, 2.45) is 0 Å². The lowest BCUT2D eigenvalue weighted by Crippen LogP contribution is -2.00. The van der Waals surface area contributed by atoms with Gasteiger partial charge in [-0.3, -0.25) is 0 Å². The molecule has 0 aromatic carbocycles. The minimum atomic E-state index is -0.425. The molecular formula is C7H8N2O2. The molecule has 0 radical (unpaired) electrons. The van der Waals surface area contributed by atoms with Crippen LogP contribution in [0, 0.1) is 0 Å². The maximum Gasteiger partial charge on any atom is 0.356 e. The molecule has 0 saturated heterocycles. The summed E-state index contributed by atoms with van der Waals surface area (Å²) >= 11 is 0. The van der Waals surface area contributed by atoms with Crippen molar-refractivity contribution in [3.05, 3.63) is 24.3 Å². The first kappa shape index (κ1) is 7.53. The van der Waals surface area contributed by atoms with Crippen LogP contribution in [-0.4, -0.2) is 23.0 Å². The monoisotopic (exact) mass is 152 g/mol. The van der Waals surface area contributed by atoms with Gasteiger partial charge in [0.2, 0.25) is 0 Å². The predicted molar refractivity (Wildman–Crippen MR) is 40.0 cm³/mol. The quantitative estimate of drug-likeness (QED) is 0.639. The predicted octanol–water partition coefficient (Wildman–Crippen LogP) is 0.839. The summed E-state index contributed by atoms with van der Waals surface area (Å²) in [4.78, 5) is 17.4. The molecule has 4 heteroatoms. The Morgan fingerprint density at radius 2 is 2.64 bits per heavy atom. The Labute approximate surface area is 63.9 Å². The lowest BCUT2D eigenvalue weighted by atomic mass is 10.5. The summed E-state index contributed by atoms with van der Waals surface area (Å²) in [7, 11) is 1.32. The van der Waals surface area contributed by atoms with E-state index < -0.39 is 5.97 Å². The van der Waals surface area contributed by atoms with Gasteiger partial charge in [0, 0.05) is 0 Å². The summed E-state index contributed by atoms with van der Waals surface area (Å²) in [5.41, 5.74) is 0.336. The highest BCUT2D eigenvalue weighted by Gasteiger charge is 2.06. The van der Waals surface area contributed by atoms with Crippen molar-refractivity contribution in [1.29, 1.82) is 0 Å². The molecule has 0 aliphatic rings. The number of methoxy groups -OCH3 is 1. The minimum Gasteiger partial charge on any atom is -0.464 e. The van der Waals surface area contributed by atoms with E-state index in [4.69, 9.17) is 0 Å². The van der Waals surface area contributed by atoms with Gasteiger partial charge >= 0.3 is 5.97 Å². The zero-order valence-corrected chi connectivity index (χ0v) is 6.13. The molecule has 0 amide bonds. The molecule has 0 bridgehead atoms. The van der Waals surface area contributed by atoms with Gasteiger partial charge in [0.1, 0.15) is 11.5 Å². The highest BCUT2D eigenvalue weighted by atomic mass is 16.5. The number of rotatable bonds is 2. The number of ether oxygens (including phenoxy) is 1. The number of H-pyrrole nitrogens is 1. The summed E-state index contributed by atoms with van der Waals surface area (Å²) in [6.45, 7) is 3.48. The van der Waals surface area contributed by atoms with E-state index in [2.05, 4.69) is 21.3 Å². The van der Waals surface area contributed by atoms with Gasteiger partial charge in [-0.1, -0.05) is 6.58 Å². The fraction of sp³-hybridized carbons (Fsp3) is 0.143. The molecule has 1 N–H and O–H groups in total. The van der Waals surface area contributed by atoms with Gasteiger partial charge in [-0.15, -0.1) is 0 Å². The van der Waals surface area contributed by atoms with E-state index in [9.17, 15) is 4.79 Å². The Morgan fingerprint density at radius 1 is 1.91 bits per heavy atom. The second kappa shape index (κ2) is 3.01. The number of imidazole rings is 1. The molecule has 1 heterocycles. The maximum absolute atomic E-state index is 10.8. The second-order valence-corrected chi connectivity index (χ2v) is 1.88. The van der Waals surface area contributed by atoms with Crippen molar-refractivity contribution in [2.75, 3.05) is 7.11 Å². The number of aromatic nitrogens is 2. The number of hydrogen-bond donors (Lipinski definition) is 1. The molecule has 0 aliphatic carbocycles. The van der Waals surface area contributed by atoms with Crippen LogP contribution in [0.4, 0.5) is 0 Å². The van der Waals surface area contributed by atoms with Crippen molar-refractivity contribution < 1.29 is 9.53 Å². The molecule has 11 heavy (non-hydrogen) atoms. The fourth-order valence-corrected chi connectivity index (χ4v) is 0.654. The number of aromatic amines is 1. The van der Waals surface area contributed by atoms with Crippen LogP contribution < -0.4 is 0 Å². The zero-order valence-electron chi connectivity index (χ0n) is 6.13. The smallest absolute Gasteiger partial charge is 0.356 e. The lowest BCUT2D eigenvalue weighted by Gasteiger charge is -1.91. The Bertz CT molecular complexity index is 278. The third kappa shape index (κ3) is 1.46.